The first kappa shape index (κ1) is 13.1. The van der Waals surface area contributed by atoms with Crippen LogP contribution in [0.1, 0.15) is 18.9 Å². The Kier molecular flexibility index (Phi) is 4.02. The van der Waals surface area contributed by atoms with Crippen LogP contribution in [0, 0.1) is 11.6 Å². The number of hydrogen-bond acceptors (Lipinski definition) is 0. The van der Waals surface area contributed by atoms with Gasteiger partial charge in [0.05, 0.1) is 8.07 Å². The molecule has 88 valence electrons. The Labute approximate surface area is 97.0 Å². The van der Waals surface area contributed by atoms with E-state index in [-0.39, 0.29) is 0 Å². The molecule has 1 aromatic rings. The fourth-order valence-corrected chi connectivity index (χ4v) is 3.31. The molecule has 16 heavy (non-hydrogen) atoms. The highest BCUT2D eigenvalue weighted by Gasteiger charge is 2.17. The first-order valence-corrected chi connectivity index (χ1v) is 9.00. The van der Waals surface area contributed by atoms with E-state index in [0.717, 1.165) is 12.0 Å². The minimum Gasteiger partial charge on any atom is -0.204 e. The van der Waals surface area contributed by atoms with E-state index in [4.69, 9.17) is 0 Å². The van der Waals surface area contributed by atoms with E-state index in [2.05, 4.69) is 26.6 Å². The molecule has 0 aliphatic heterocycles. The van der Waals surface area contributed by atoms with Crippen molar-refractivity contribution in [3.05, 3.63) is 40.6 Å². The molecule has 0 saturated carbocycles. The smallest absolute Gasteiger partial charge is 0.159 e. The molecular formula is C13H18F2Si. The van der Waals surface area contributed by atoms with Crippen LogP contribution in [0.25, 0.3) is 6.08 Å². The zero-order valence-corrected chi connectivity index (χ0v) is 11.3. The van der Waals surface area contributed by atoms with E-state index in [1.807, 2.05) is 6.08 Å². The number of hydrogen-bond donors (Lipinski definition) is 0. The van der Waals surface area contributed by atoms with Gasteiger partial charge in [0.25, 0.3) is 0 Å². The molecule has 0 amide bonds. The first-order chi connectivity index (χ1) is 7.34. The Morgan fingerprint density at radius 3 is 2.25 bits per heavy atom. The third kappa shape index (κ3) is 3.27. The van der Waals surface area contributed by atoms with E-state index >= 15 is 0 Å². The van der Waals surface area contributed by atoms with Crippen molar-refractivity contribution in [2.45, 2.75) is 33.0 Å². The molecule has 0 atom stereocenters. The van der Waals surface area contributed by atoms with Crippen LogP contribution in [0.2, 0.25) is 19.6 Å². The quantitative estimate of drug-likeness (QED) is 0.675. The molecule has 0 N–H and O–H groups in total. The summed E-state index contributed by atoms with van der Waals surface area (Å²) in [5, 5.41) is 1.36. The molecule has 1 rings (SSSR count). The van der Waals surface area contributed by atoms with E-state index in [1.165, 1.54) is 17.3 Å². The molecule has 0 unspecified atom stereocenters. The van der Waals surface area contributed by atoms with Gasteiger partial charge in [-0.1, -0.05) is 43.9 Å². The van der Waals surface area contributed by atoms with Crippen molar-refractivity contribution in [1.29, 1.82) is 0 Å². The average molecular weight is 240 g/mol. The predicted molar refractivity (Wildman–Crippen MR) is 68.0 cm³/mol. The topological polar surface area (TPSA) is 0 Å². The second-order valence-corrected chi connectivity index (χ2v) is 10.1. The molecule has 3 heteroatoms. The highest BCUT2D eigenvalue weighted by Crippen LogP contribution is 2.21. The summed E-state index contributed by atoms with van der Waals surface area (Å²) in [5.41, 5.74) is 0.748. The molecular weight excluding hydrogens is 222 g/mol. The van der Waals surface area contributed by atoms with Crippen molar-refractivity contribution in [2.75, 3.05) is 0 Å². The van der Waals surface area contributed by atoms with Crippen LogP contribution in [0.3, 0.4) is 0 Å². The SMILES string of the molecule is CCC(=Cc1ccc(F)c(F)c1)[Si](C)(C)C. The van der Waals surface area contributed by atoms with Crippen molar-refractivity contribution in [3.63, 3.8) is 0 Å². The predicted octanol–water partition coefficient (Wildman–Crippen LogP) is 4.64. The number of allylic oxidation sites excluding steroid dienone is 1. The largest absolute Gasteiger partial charge is 0.204 e. The van der Waals surface area contributed by atoms with Gasteiger partial charge in [0.2, 0.25) is 0 Å². The van der Waals surface area contributed by atoms with Gasteiger partial charge >= 0.3 is 0 Å². The normalized spacial score (nSPS) is 13.0. The van der Waals surface area contributed by atoms with Crippen molar-refractivity contribution in [3.8, 4) is 0 Å². The van der Waals surface area contributed by atoms with Gasteiger partial charge in [0, 0.05) is 0 Å². The lowest BCUT2D eigenvalue weighted by Crippen LogP contribution is -2.23. The summed E-state index contributed by atoms with van der Waals surface area (Å²) >= 11 is 0. The molecule has 0 fully saturated rings. The van der Waals surface area contributed by atoms with Crippen molar-refractivity contribution >= 4 is 14.1 Å². The lowest BCUT2D eigenvalue weighted by Gasteiger charge is -2.19. The third-order valence-corrected chi connectivity index (χ3v) is 5.05. The summed E-state index contributed by atoms with van der Waals surface area (Å²) in [6, 6.07) is 4.05. The van der Waals surface area contributed by atoms with Gasteiger partial charge in [-0.05, 0) is 24.1 Å². The zero-order valence-electron chi connectivity index (χ0n) is 10.3. The maximum atomic E-state index is 13.0. The fraction of sp³-hybridized carbons (Fsp3) is 0.385. The molecule has 0 aromatic heterocycles. The monoisotopic (exact) mass is 240 g/mol. The summed E-state index contributed by atoms with van der Waals surface area (Å²) in [6.07, 6.45) is 2.96. The Hall–Kier alpha value is -0.963. The van der Waals surface area contributed by atoms with Crippen LogP contribution in [0.5, 0.6) is 0 Å². The van der Waals surface area contributed by atoms with Crippen molar-refractivity contribution < 1.29 is 8.78 Å². The van der Waals surface area contributed by atoms with Gasteiger partial charge in [0.15, 0.2) is 11.6 Å². The standard InChI is InChI=1S/C13H18F2Si/c1-5-11(16(2,3)4)8-10-6-7-12(14)13(15)9-10/h6-9H,5H2,1-4H3. The molecule has 0 aliphatic carbocycles. The summed E-state index contributed by atoms with van der Waals surface area (Å²) in [5.74, 6) is -1.57. The van der Waals surface area contributed by atoms with Crippen LogP contribution in [0.15, 0.2) is 23.4 Å². The molecule has 1 aromatic carbocycles. The van der Waals surface area contributed by atoms with Crippen LogP contribution in [-0.2, 0) is 0 Å². The Morgan fingerprint density at radius 1 is 1.19 bits per heavy atom. The Bertz CT molecular complexity index is 403. The average Bonchev–Trinajstić information content (AvgIpc) is 2.18. The summed E-state index contributed by atoms with van der Waals surface area (Å²) in [7, 11) is -1.36. The molecule has 0 spiro atoms. The van der Waals surface area contributed by atoms with Crippen molar-refractivity contribution in [2.24, 2.45) is 0 Å². The van der Waals surface area contributed by atoms with Crippen LogP contribution in [0.4, 0.5) is 8.78 Å². The van der Waals surface area contributed by atoms with Gasteiger partial charge in [-0.2, -0.15) is 0 Å². The molecule has 0 heterocycles. The maximum absolute atomic E-state index is 13.0. The first-order valence-electron chi connectivity index (χ1n) is 5.50. The molecule has 0 nitrogen and oxygen atoms in total. The van der Waals surface area contributed by atoms with Gasteiger partial charge in [-0.3, -0.25) is 0 Å². The van der Waals surface area contributed by atoms with Crippen LogP contribution >= 0.6 is 0 Å². The van der Waals surface area contributed by atoms with E-state index in [0.29, 0.717) is 0 Å². The second-order valence-electron chi connectivity index (χ2n) is 4.95. The maximum Gasteiger partial charge on any atom is 0.159 e. The lowest BCUT2D eigenvalue weighted by molar-refractivity contribution is 0.508. The number of halogens is 2. The highest BCUT2D eigenvalue weighted by molar-refractivity contribution is 6.83. The minimum absolute atomic E-state index is 0.748. The van der Waals surface area contributed by atoms with Gasteiger partial charge in [-0.25, -0.2) is 8.78 Å². The summed E-state index contributed by atoms with van der Waals surface area (Å²) in [6.45, 7) is 8.86. The van der Waals surface area contributed by atoms with E-state index in [9.17, 15) is 8.78 Å². The van der Waals surface area contributed by atoms with E-state index in [1.54, 1.807) is 6.07 Å². The summed E-state index contributed by atoms with van der Waals surface area (Å²) < 4.78 is 25.8. The minimum atomic E-state index is -1.36. The fourth-order valence-electron chi connectivity index (χ4n) is 1.65. The van der Waals surface area contributed by atoms with Gasteiger partial charge in [-0.15, -0.1) is 0 Å². The summed E-state index contributed by atoms with van der Waals surface area (Å²) in [4.78, 5) is 0. The molecule has 0 radical (unpaired) electrons. The van der Waals surface area contributed by atoms with Gasteiger partial charge < -0.3 is 0 Å². The molecule has 0 aliphatic rings. The van der Waals surface area contributed by atoms with Crippen LogP contribution < -0.4 is 0 Å². The zero-order chi connectivity index (χ0) is 12.3. The molecule has 0 bridgehead atoms. The second kappa shape index (κ2) is 4.91. The highest BCUT2D eigenvalue weighted by atomic mass is 28.3. The van der Waals surface area contributed by atoms with Crippen molar-refractivity contribution in [1.82, 2.24) is 0 Å². The Balaban J connectivity index is 3.10. The number of rotatable bonds is 3. The number of benzene rings is 1. The lowest BCUT2D eigenvalue weighted by atomic mass is 10.2. The van der Waals surface area contributed by atoms with E-state index < -0.39 is 19.7 Å². The Morgan fingerprint density at radius 2 is 1.81 bits per heavy atom. The van der Waals surface area contributed by atoms with Crippen LogP contribution in [-0.4, -0.2) is 8.07 Å². The molecule has 0 saturated heterocycles. The third-order valence-electron chi connectivity index (χ3n) is 2.63. The van der Waals surface area contributed by atoms with Gasteiger partial charge in [0.1, 0.15) is 0 Å².